The quantitative estimate of drug-likeness (QED) is 0.0635. The number of benzene rings is 4. The van der Waals surface area contributed by atoms with E-state index in [2.05, 4.69) is 20.5 Å². The van der Waals surface area contributed by atoms with Gasteiger partial charge in [0.05, 0.1) is 48.1 Å². The number of likely N-dealkylation sites (tertiary alicyclic amines) is 1. The zero-order valence-electron chi connectivity index (χ0n) is 42.0. The van der Waals surface area contributed by atoms with E-state index in [1.807, 2.05) is 23.0 Å². The molecule has 1 aliphatic carbocycles. The number of pyridine rings is 1. The van der Waals surface area contributed by atoms with Crippen molar-refractivity contribution >= 4 is 51.7 Å². The lowest BCUT2D eigenvalue weighted by Crippen LogP contribution is -2.38. The van der Waals surface area contributed by atoms with Crippen LogP contribution in [-0.4, -0.2) is 74.5 Å². The molecule has 2 aliphatic rings. The number of hydrogen-bond donors (Lipinski definition) is 3. The Hall–Kier alpha value is -7.44. The van der Waals surface area contributed by atoms with Gasteiger partial charge in [-0.15, -0.1) is 0 Å². The number of fused-ring (bicyclic) bond motifs is 1. The van der Waals surface area contributed by atoms with Crippen LogP contribution in [0.4, 0.5) is 27.6 Å². The predicted octanol–water partition coefficient (Wildman–Crippen LogP) is 11.2. The molecule has 4 aromatic carbocycles. The third kappa shape index (κ3) is 11.8. The minimum absolute atomic E-state index is 0.0175. The fourth-order valence-corrected chi connectivity index (χ4v) is 10.9. The van der Waals surface area contributed by atoms with Gasteiger partial charge in [-0.25, -0.2) is 13.8 Å². The minimum atomic E-state index is -4.69. The Labute approximate surface area is 440 Å². The molecular formula is C57H56ClF5N8O5. The van der Waals surface area contributed by atoms with E-state index in [-0.39, 0.29) is 46.1 Å². The number of carbonyl (C=O) groups excluding carboxylic acids is 4. The number of anilines is 1. The monoisotopic (exact) mass is 1060 g/mol. The molecule has 2 fully saturated rings. The number of ether oxygens (including phenoxy) is 1. The topological polar surface area (TPSA) is 166 Å². The Morgan fingerprint density at radius 3 is 2.24 bits per heavy atom. The summed E-state index contributed by atoms with van der Waals surface area (Å²) in [5, 5.41) is 11.4. The van der Waals surface area contributed by atoms with Crippen molar-refractivity contribution in [3.8, 4) is 16.9 Å². The normalized spacial score (nSPS) is 16.9. The molecule has 1 saturated heterocycles. The summed E-state index contributed by atoms with van der Waals surface area (Å²) in [5.41, 5.74) is 6.34. The van der Waals surface area contributed by atoms with E-state index in [1.165, 1.54) is 30.9 Å². The second-order valence-corrected chi connectivity index (χ2v) is 20.3. The van der Waals surface area contributed by atoms with Crippen LogP contribution in [0.5, 0.6) is 5.75 Å². The van der Waals surface area contributed by atoms with E-state index in [4.69, 9.17) is 27.2 Å². The fourth-order valence-electron chi connectivity index (χ4n) is 10.7. The zero-order chi connectivity index (χ0) is 54.0. The van der Waals surface area contributed by atoms with E-state index >= 15 is 8.78 Å². The molecule has 3 aromatic heterocycles. The number of aryl methyl sites for hydroxylation is 1. The van der Waals surface area contributed by atoms with Gasteiger partial charge >= 0.3 is 6.18 Å². The maximum absolute atomic E-state index is 15.9. The van der Waals surface area contributed by atoms with Crippen molar-refractivity contribution in [1.29, 1.82) is 0 Å². The molecule has 3 amide bonds. The first-order chi connectivity index (χ1) is 36.3. The number of halogens is 6. The van der Waals surface area contributed by atoms with Gasteiger partial charge in [0.2, 0.25) is 11.7 Å². The van der Waals surface area contributed by atoms with Gasteiger partial charge < -0.3 is 30.6 Å². The van der Waals surface area contributed by atoms with Gasteiger partial charge in [0.15, 0.2) is 0 Å². The fraction of sp³-hybridized carbons (Fsp3) is 0.333. The summed E-state index contributed by atoms with van der Waals surface area (Å²) in [4.78, 5) is 59.8. The lowest BCUT2D eigenvalue weighted by molar-refractivity contribution is -0.141. The molecule has 1 saturated carbocycles. The van der Waals surface area contributed by atoms with Crippen LogP contribution in [0.3, 0.4) is 0 Å². The van der Waals surface area contributed by atoms with Gasteiger partial charge in [0.25, 0.3) is 11.8 Å². The number of nitrogens with one attached hydrogen (secondary N) is 2. The van der Waals surface area contributed by atoms with Crippen molar-refractivity contribution in [2.75, 3.05) is 32.1 Å². The summed E-state index contributed by atoms with van der Waals surface area (Å²) in [7, 11) is 3.00. The number of aromatic nitrogens is 4. The van der Waals surface area contributed by atoms with Gasteiger partial charge in [-0.3, -0.25) is 23.9 Å². The lowest BCUT2D eigenvalue weighted by atomic mass is 9.84. The van der Waals surface area contributed by atoms with Crippen LogP contribution in [0, 0.1) is 30.4 Å². The van der Waals surface area contributed by atoms with Crippen molar-refractivity contribution in [2.24, 2.45) is 24.6 Å². The summed E-state index contributed by atoms with van der Waals surface area (Å²) in [5.74, 6) is -2.96. The number of alkyl halides is 3. The molecule has 4 N–H and O–H groups in total. The first-order valence-electron chi connectivity index (χ1n) is 25.1. The van der Waals surface area contributed by atoms with E-state index in [1.54, 1.807) is 55.6 Å². The first kappa shape index (κ1) is 53.4. The molecular weight excluding hydrogens is 1010 g/mol. The molecule has 76 heavy (non-hydrogen) atoms. The minimum Gasteiger partial charge on any atom is -0.494 e. The van der Waals surface area contributed by atoms with Crippen LogP contribution >= 0.6 is 11.6 Å². The van der Waals surface area contributed by atoms with Gasteiger partial charge in [-0.05, 0) is 136 Å². The van der Waals surface area contributed by atoms with Crippen molar-refractivity contribution in [3.63, 3.8) is 0 Å². The van der Waals surface area contributed by atoms with Crippen LogP contribution in [0.25, 0.3) is 22.0 Å². The zero-order valence-corrected chi connectivity index (χ0v) is 42.8. The number of nitrogens with zero attached hydrogens (tertiary/aromatic N) is 5. The molecule has 396 valence electrons. The molecule has 7 aromatic rings. The van der Waals surface area contributed by atoms with Crippen molar-refractivity contribution in [1.82, 2.24) is 29.5 Å². The number of methoxy groups -OCH3 is 1. The number of amides is 3. The largest absolute Gasteiger partial charge is 0.494 e. The Morgan fingerprint density at radius 2 is 1.55 bits per heavy atom. The molecule has 9 rings (SSSR count). The maximum Gasteiger partial charge on any atom is 0.433 e. The summed E-state index contributed by atoms with van der Waals surface area (Å²) >= 11 is 6.23. The standard InChI is InChI=1S/C57H56ClF5N8O5/c1-32-42(59)18-19-43(60)51(32)52-41(55(74)66-45(28-50(64)72)37-6-4-7-39(58)25-37)31-69(2)53(52)54(73)36-14-10-33(11-15-36)24-34-20-22-70(23-21-34)29-35-12-16-40(17-13-35)71-30-38-26-47(48(76-3)27-46(38)68-71)67-56(75)44-8-5-9-49(65-44)57(61,62)63/h4-11,14-15,18-19,25-27,30-31,34-35,40,45H,12-13,16-17,20-24,28-29H2,1-3H3,(H2,64,72)(H,66,74)(H,67,75)/t35?,40?,45-/m1/s1. The number of ketones is 1. The summed E-state index contributed by atoms with van der Waals surface area (Å²) < 4.78 is 79.7. The number of primary amides is 1. The third-order valence-electron chi connectivity index (χ3n) is 14.7. The van der Waals surface area contributed by atoms with Crippen LogP contribution in [0.15, 0.2) is 103 Å². The smallest absolute Gasteiger partial charge is 0.433 e. The van der Waals surface area contributed by atoms with Crippen LogP contribution in [0.1, 0.15) is 116 Å². The molecule has 0 radical (unpaired) electrons. The van der Waals surface area contributed by atoms with Gasteiger partial charge in [-0.2, -0.15) is 18.3 Å². The Kier molecular flexibility index (Phi) is 15.7. The summed E-state index contributed by atoms with van der Waals surface area (Å²) in [6.45, 7) is 4.34. The number of hydrogen-bond acceptors (Lipinski definition) is 8. The predicted molar refractivity (Wildman–Crippen MR) is 278 cm³/mol. The van der Waals surface area contributed by atoms with E-state index in [0.29, 0.717) is 44.9 Å². The highest BCUT2D eigenvalue weighted by molar-refractivity contribution is 6.30. The molecule has 13 nitrogen and oxygen atoms in total. The second-order valence-electron chi connectivity index (χ2n) is 19.9. The average Bonchev–Trinajstić information content (AvgIpc) is 4.06. The van der Waals surface area contributed by atoms with E-state index < -0.39 is 53.1 Å². The highest BCUT2D eigenvalue weighted by Gasteiger charge is 2.34. The highest BCUT2D eigenvalue weighted by atomic mass is 35.5. The Bertz CT molecular complexity index is 3320. The molecule has 19 heteroatoms. The molecule has 0 unspecified atom stereocenters. The lowest BCUT2D eigenvalue weighted by Gasteiger charge is -2.36. The average molecular weight is 1060 g/mol. The summed E-state index contributed by atoms with van der Waals surface area (Å²) in [6.07, 6.45) is 5.20. The maximum atomic E-state index is 15.9. The molecule has 1 atom stereocenters. The highest BCUT2D eigenvalue weighted by Crippen LogP contribution is 2.39. The number of carbonyl (C=O) groups is 4. The van der Waals surface area contributed by atoms with Crippen LogP contribution in [-0.2, 0) is 24.4 Å². The van der Waals surface area contributed by atoms with Gasteiger partial charge in [-0.1, -0.05) is 54.1 Å². The Balaban J connectivity index is 0.802. The molecule has 0 bridgehead atoms. The molecule has 0 spiro atoms. The van der Waals surface area contributed by atoms with E-state index in [0.717, 1.165) is 99.8 Å². The van der Waals surface area contributed by atoms with Crippen LogP contribution in [0.2, 0.25) is 5.02 Å². The van der Waals surface area contributed by atoms with Gasteiger partial charge in [0.1, 0.15) is 28.8 Å². The van der Waals surface area contributed by atoms with Crippen molar-refractivity contribution in [2.45, 2.75) is 76.6 Å². The van der Waals surface area contributed by atoms with E-state index in [9.17, 15) is 32.3 Å². The van der Waals surface area contributed by atoms with Crippen molar-refractivity contribution < 1.29 is 45.9 Å². The van der Waals surface area contributed by atoms with Crippen molar-refractivity contribution in [3.05, 3.63) is 165 Å². The number of rotatable bonds is 16. The molecule has 1 aliphatic heterocycles. The van der Waals surface area contributed by atoms with Crippen LogP contribution < -0.4 is 21.1 Å². The number of piperidine rings is 1. The third-order valence-corrected chi connectivity index (χ3v) is 15.0. The summed E-state index contributed by atoms with van der Waals surface area (Å²) in [6, 6.07) is 21.6. The SMILES string of the molecule is COc1cc2nn(C3CCC(CN4CCC(Cc5ccc(C(=O)c6c(-c7c(F)ccc(F)c7C)c(C(=O)N[C@H](CC(N)=O)c7cccc(Cl)c7)cn6C)cc5)CC4)CC3)cc2cc1NC(=O)c1cccc(C(F)(F)F)n1. The number of nitrogens with two attached hydrogens (primary N) is 1. The molecule has 4 heterocycles. The second kappa shape index (κ2) is 22.4. The van der Waals surface area contributed by atoms with Gasteiger partial charge in [0, 0.05) is 59.2 Å². The Morgan fingerprint density at radius 1 is 0.842 bits per heavy atom. The first-order valence-corrected chi connectivity index (χ1v) is 25.5.